The molecule has 0 unspecified atom stereocenters. The minimum absolute atomic E-state index is 0.359. The number of nitrogens with zero attached hydrogens (tertiary/aromatic N) is 2. The zero-order valence-electron chi connectivity index (χ0n) is 10.5. The Balaban J connectivity index is 1.69. The Kier molecular flexibility index (Phi) is 2.82. The molecule has 2 aliphatic rings. The maximum absolute atomic E-state index is 5.09. The van der Waals surface area contributed by atoms with Gasteiger partial charge in [-0.25, -0.2) is 0 Å². The van der Waals surface area contributed by atoms with Crippen LogP contribution in [0.15, 0.2) is 0 Å². The summed E-state index contributed by atoms with van der Waals surface area (Å²) in [5, 5.41) is 0. The van der Waals surface area contributed by atoms with Crippen molar-refractivity contribution in [3.05, 3.63) is 0 Å². The van der Waals surface area contributed by atoms with Crippen LogP contribution < -0.4 is 0 Å². The Bertz CT molecular complexity index is 220. The first-order valence-corrected chi connectivity index (χ1v) is 5.92. The Morgan fingerprint density at radius 1 is 1.13 bits per heavy atom. The standard InChI is InChI=1S/C12H24N2O/c1-11(2,3)14-9-12(10-14)7-13(8-12)5-6-15-4/h5-10H2,1-4H3. The lowest BCUT2D eigenvalue weighted by molar-refractivity contribution is -0.146. The predicted octanol–water partition coefficient (Wildman–Crippen LogP) is 1.05. The molecular formula is C12H24N2O. The lowest BCUT2D eigenvalue weighted by Crippen LogP contribution is -2.74. The molecule has 88 valence electrons. The smallest absolute Gasteiger partial charge is 0.0589 e. The number of likely N-dealkylation sites (tertiary alicyclic amines) is 2. The van der Waals surface area contributed by atoms with Gasteiger partial charge in [0.15, 0.2) is 0 Å². The monoisotopic (exact) mass is 212 g/mol. The summed E-state index contributed by atoms with van der Waals surface area (Å²) in [5.41, 5.74) is 0.999. The molecule has 1 spiro atoms. The van der Waals surface area contributed by atoms with Crippen molar-refractivity contribution in [3.63, 3.8) is 0 Å². The van der Waals surface area contributed by atoms with E-state index < -0.39 is 0 Å². The highest BCUT2D eigenvalue weighted by atomic mass is 16.5. The van der Waals surface area contributed by atoms with Gasteiger partial charge in [0.2, 0.25) is 0 Å². The van der Waals surface area contributed by atoms with Crippen LogP contribution in [0.3, 0.4) is 0 Å². The highest BCUT2D eigenvalue weighted by Gasteiger charge is 2.53. The number of methoxy groups -OCH3 is 1. The van der Waals surface area contributed by atoms with Gasteiger partial charge in [-0.3, -0.25) is 9.80 Å². The van der Waals surface area contributed by atoms with Gasteiger partial charge in [-0.2, -0.15) is 0 Å². The van der Waals surface area contributed by atoms with Crippen molar-refractivity contribution in [1.82, 2.24) is 9.80 Å². The van der Waals surface area contributed by atoms with Crippen molar-refractivity contribution < 1.29 is 4.74 Å². The molecule has 0 aromatic rings. The van der Waals surface area contributed by atoms with E-state index in [9.17, 15) is 0 Å². The Morgan fingerprint density at radius 2 is 1.73 bits per heavy atom. The van der Waals surface area contributed by atoms with Crippen molar-refractivity contribution >= 4 is 0 Å². The molecule has 0 aliphatic carbocycles. The molecule has 2 heterocycles. The lowest BCUT2D eigenvalue weighted by Gasteiger charge is -2.63. The third-order valence-electron chi connectivity index (χ3n) is 3.73. The van der Waals surface area contributed by atoms with E-state index >= 15 is 0 Å². The summed E-state index contributed by atoms with van der Waals surface area (Å²) in [5.74, 6) is 0. The van der Waals surface area contributed by atoms with Gasteiger partial charge in [0.25, 0.3) is 0 Å². The zero-order valence-corrected chi connectivity index (χ0v) is 10.5. The summed E-state index contributed by atoms with van der Waals surface area (Å²) in [6.07, 6.45) is 0. The van der Waals surface area contributed by atoms with E-state index in [0.717, 1.165) is 13.2 Å². The topological polar surface area (TPSA) is 15.7 Å². The average Bonchev–Trinajstić information content (AvgIpc) is 1.96. The van der Waals surface area contributed by atoms with Crippen LogP contribution in [-0.2, 0) is 4.74 Å². The van der Waals surface area contributed by atoms with Crippen LogP contribution in [-0.4, -0.2) is 61.8 Å². The second-order valence-corrected chi connectivity index (χ2v) is 6.23. The van der Waals surface area contributed by atoms with Crippen molar-refractivity contribution in [2.45, 2.75) is 26.3 Å². The van der Waals surface area contributed by atoms with Gasteiger partial charge in [-0.15, -0.1) is 0 Å². The average molecular weight is 212 g/mol. The van der Waals surface area contributed by atoms with Crippen LogP contribution in [0, 0.1) is 5.41 Å². The predicted molar refractivity (Wildman–Crippen MR) is 62.1 cm³/mol. The summed E-state index contributed by atoms with van der Waals surface area (Å²) >= 11 is 0. The molecule has 0 bridgehead atoms. The largest absolute Gasteiger partial charge is 0.383 e. The first kappa shape index (κ1) is 11.4. The Labute approximate surface area is 93.4 Å². The summed E-state index contributed by atoms with van der Waals surface area (Å²) < 4.78 is 5.09. The summed E-state index contributed by atoms with van der Waals surface area (Å²) in [4.78, 5) is 5.09. The fourth-order valence-corrected chi connectivity index (χ4v) is 2.72. The molecule has 2 fully saturated rings. The molecular weight excluding hydrogens is 188 g/mol. The first-order valence-electron chi connectivity index (χ1n) is 5.92. The van der Waals surface area contributed by atoms with Crippen molar-refractivity contribution in [2.75, 3.05) is 46.4 Å². The molecule has 0 amide bonds. The van der Waals surface area contributed by atoms with Gasteiger partial charge in [0, 0.05) is 50.8 Å². The number of rotatable bonds is 3. The molecule has 2 rings (SSSR count). The van der Waals surface area contributed by atoms with E-state index in [-0.39, 0.29) is 0 Å². The number of hydrogen-bond acceptors (Lipinski definition) is 3. The highest BCUT2D eigenvalue weighted by molar-refractivity contribution is 5.07. The van der Waals surface area contributed by atoms with E-state index in [0.29, 0.717) is 11.0 Å². The number of ether oxygens (including phenoxy) is 1. The number of hydrogen-bond donors (Lipinski definition) is 0. The molecule has 0 aromatic carbocycles. The Morgan fingerprint density at radius 3 is 2.20 bits per heavy atom. The second kappa shape index (κ2) is 3.72. The molecule has 3 heteroatoms. The quantitative estimate of drug-likeness (QED) is 0.695. The maximum Gasteiger partial charge on any atom is 0.0589 e. The molecule has 0 saturated carbocycles. The molecule has 0 atom stereocenters. The van der Waals surface area contributed by atoms with Crippen LogP contribution in [0.4, 0.5) is 0 Å². The van der Waals surface area contributed by atoms with Crippen LogP contribution in [0.2, 0.25) is 0 Å². The van der Waals surface area contributed by atoms with Gasteiger partial charge < -0.3 is 4.74 Å². The molecule has 2 aliphatic heterocycles. The van der Waals surface area contributed by atoms with E-state index in [2.05, 4.69) is 30.6 Å². The van der Waals surface area contributed by atoms with Crippen LogP contribution in [0.5, 0.6) is 0 Å². The molecule has 0 radical (unpaired) electrons. The lowest BCUT2D eigenvalue weighted by atomic mass is 9.71. The first-order chi connectivity index (χ1) is 6.95. The fraction of sp³-hybridized carbons (Fsp3) is 1.00. The molecule has 0 aromatic heterocycles. The summed E-state index contributed by atoms with van der Waals surface area (Å²) in [6, 6.07) is 0. The normalized spacial score (nSPS) is 26.4. The van der Waals surface area contributed by atoms with E-state index in [4.69, 9.17) is 4.74 Å². The SMILES string of the molecule is COCCN1CC2(C1)CN(C(C)(C)C)C2. The van der Waals surface area contributed by atoms with Crippen molar-refractivity contribution in [1.29, 1.82) is 0 Å². The minimum atomic E-state index is 0.359. The van der Waals surface area contributed by atoms with Gasteiger partial charge >= 0.3 is 0 Å². The van der Waals surface area contributed by atoms with Gasteiger partial charge in [0.05, 0.1) is 6.61 Å². The van der Waals surface area contributed by atoms with E-state index in [1.54, 1.807) is 7.11 Å². The molecule has 0 N–H and O–H groups in total. The summed E-state index contributed by atoms with van der Waals surface area (Å²) in [7, 11) is 1.78. The highest BCUT2D eigenvalue weighted by Crippen LogP contribution is 2.42. The molecule has 3 nitrogen and oxygen atoms in total. The fourth-order valence-electron chi connectivity index (χ4n) is 2.72. The Hall–Kier alpha value is -0.120. The van der Waals surface area contributed by atoms with Gasteiger partial charge in [-0.1, -0.05) is 0 Å². The molecule has 2 saturated heterocycles. The van der Waals surface area contributed by atoms with Crippen LogP contribution in [0.1, 0.15) is 20.8 Å². The van der Waals surface area contributed by atoms with Crippen LogP contribution in [0.25, 0.3) is 0 Å². The van der Waals surface area contributed by atoms with Crippen molar-refractivity contribution in [2.24, 2.45) is 5.41 Å². The van der Waals surface area contributed by atoms with E-state index in [1.807, 2.05) is 0 Å². The summed E-state index contributed by atoms with van der Waals surface area (Å²) in [6.45, 7) is 14.0. The third-order valence-corrected chi connectivity index (χ3v) is 3.73. The minimum Gasteiger partial charge on any atom is -0.383 e. The van der Waals surface area contributed by atoms with Crippen molar-refractivity contribution in [3.8, 4) is 0 Å². The zero-order chi connectivity index (χ0) is 11.1. The second-order valence-electron chi connectivity index (χ2n) is 6.23. The maximum atomic E-state index is 5.09. The third kappa shape index (κ3) is 2.19. The molecule has 15 heavy (non-hydrogen) atoms. The van der Waals surface area contributed by atoms with E-state index in [1.165, 1.54) is 26.2 Å². The van der Waals surface area contributed by atoms with Gasteiger partial charge in [0.1, 0.15) is 0 Å². The van der Waals surface area contributed by atoms with Gasteiger partial charge in [-0.05, 0) is 20.8 Å². The van der Waals surface area contributed by atoms with Crippen LogP contribution >= 0.6 is 0 Å².